The van der Waals surface area contributed by atoms with Gasteiger partial charge in [-0.05, 0) is 37.9 Å². The van der Waals surface area contributed by atoms with E-state index in [9.17, 15) is 0 Å². The largest absolute Gasteiger partial charge is 0.487 e. The van der Waals surface area contributed by atoms with Crippen LogP contribution in [0.15, 0.2) is 42.6 Å². The molecule has 2 heterocycles. The lowest BCUT2D eigenvalue weighted by Gasteiger charge is -2.21. The molecular weight excluding hydrogens is 284 g/mol. The Bertz CT molecular complexity index is 597. The van der Waals surface area contributed by atoms with Gasteiger partial charge in [0.15, 0.2) is 0 Å². The van der Waals surface area contributed by atoms with Gasteiger partial charge in [0.2, 0.25) is 0 Å². The quantitative estimate of drug-likeness (QED) is 0.869. The van der Waals surface area contributed by atoms with Crippen LogP contribution in [0.3, 0.4) is 0 Å². The first-order valence-corrected chi connectivity index (χ1v) is 7.73. The highest BCUT2D eigenvalue weighted by molar-refractivity contribution is 6.32. The molecule has 2 atom stereocenters. The highest BCUT2D eigenvalue weighted by Crippen LogP contribution is 2.30. The Morgan fingerprint density at radius 3 is 2.86 bits per heavy atom. The topological polar surface area (TPSA) is 34.1 Å². The zero-order chi connectivity index (χ0) is 14.7. The molecule has 0 spiro atoms. The third-order valence-electron chi connectivity index (χ3n) is 3.89. The highest BCUT2D eigenvalue weighted by Gasteiger charge is 2.22. The molecule has 1 aromatic carbocycles. The van der Waals surface area contributed by atoms with Crippen LogP contribution in [0.2, 0.25) is 5.15 Å². The predicted octanol–water partition coefficient (Wildman–Crippen LogP) is 3.92. The second-order valence-corrected chi connectivity index (χ2v) is 5.76. The van der Waals surface area contributed by atoms with Crippen molar-refractivity contribution in [2.24, 2.45) is 0 Å². The Labute approximate surface area is 130 Å². The van der Waals surface area contributed by atoms with Gasteiger partial charge in [-0.2, -0.15) is 0 Å². The van der Waals surface area contributed by atoms with Crippen LogP contribution in [0, 0.1) is 0 Å². The number of halogens is 1. The number of pyridine rings is 1. The molecule has 0 saturated carbocycles. The summed E-state index contributed by atoms with van der Waals surface area (Å²) in [4.78, 5) is 4.26. The summed E-state index contributed by atoms with van der Waals surface area (Å²) in [6.45, 7) is 3.17. The Hall–Kier alpha value is -1.58. The SMILES string of the molecule is CC(Oc1cnc(Cl)c(-c2ccccc2)c1)[C@@H]1CCCN1. The summed E-state index contributed by atoms with van der Waals surface area (Å²) in [7, 11) is 0. The van der Waals surface area contributed by atoms with Crippen molar-refractivity contribution in [2.45, 2.75) is 31.9 Å². The Morgan fingerprint density at radius 2 is 2.14 bits per heavy atom. The zero-order valence-corrected chi connectivity index (χ0v) is 12.8. The summed E-state index contributed by atoms with van der Waals surface area (Å²) in [6, 6.07) is 12.4. The zero-order valence-electron chi connectivity index (χ0n) is 12.1. The summed E-state index contributed by atoms with van der Waals surface area (Å²) < 4.78 is 6.03. The van der Waals surface area contributed by atoms with Crippen LogP contribution < -0.4 is 10.1 Å². The van der Waals surface area contributed by atoms with Crippen molar-refractivity contribution in [2.75, 3.05) is 6.54 Å². The average molecular weight is 303 g/mol. The third kappa shape index (κ3) is 3.36. The summed E-state index contributed by atoms with van der Waals surface area (Å²) in [5, 5.41) is 3.96. The first-order chi connectivity index (χ1) is 10.2. The van der Waals surface area contributed by atoms with E-state index in [-0.39, 0.29) is 6.10 Å². The van der Waals surface area contributed by atoms with Gasteiger partial charge in [-0.1, -0.05) is 41.9 Å². The number of benzene rings is 1. The van der Waals surface area contributed by atoms with Crippen molar-refractivity contribution in [3.63, 3.8) is 0 Å². The van der Waals surface area contributed by atoms with E-state index >= 15 is 0 Å². The van der Waals surface area contributed by atoms with Gasteiger partial charge < -0.3 is 10.1 Å². The molecule has 3 rings (SSSR count). The second kappa shape index (κ2) is 6.46. The Balaban J connectivity index is 1.80. The van der Waals surface area contributed by atoms with E-state index in [1.807, 2.05) is 36.4 Å². The second-order valence-electron chi connectivity index (χ2n) is 5.40. The minimum Gasteiger partial charge on any atom is -0.487 e. The average Bonchev–Trinajstić information content (AvgIpc) is 3.04. The molecule has 1 aliphatic heterocycles. The Kier molecular flexibility index (Phi) is 4.42. The van der Waals surface area contributed by atoms with E-state index in [0.29, 0.717) is 11.2 Å². The van der Waals surface area contributed by atoms with Crippen molar-refractivity contribution >= 4 is 11.6 Å². The molecule has 1 fully saturated rings. The standard InChI is InChI=1S/C17H19ClN2O/c1-12(16-8-5-9-19-16)21-14-10-15(17(18)20-11-14)13-6-3-2-4-7-13/h2-4,6-7,10-12,16,19H,5,8-9H2,1H3/t12?,16-/m0/s1. The first-order valence-electron chi connectivity index (χ1n) is 7.35. The Morgan fingerprint density at radius 1 is 1.33 bits per heavy atom. The number of aromatic nitrogens is 1. The number of rotatable bonds is 4. The maximum absolute atomic E-state index is 6.22. The molecule has 0 radical (unpaired) electrons. The van der Waals surface area contributed by atoms with Crippen LogP contribution in [0.25, 0.3) is 11.1 Å². The lowest BCUT2D eigenvalue weighted by Crippen LogP contribution is -2.36. The van der Waals surface area contributed by atoms with E-state index in [0.717, 1.165) is 29.8 Å². The molecule has 1 unspecified atom stereocenters. The van der Waals surface area contributed by atoms with Crippen LogP contribution in [0.4, 0.5) is 0 Å². The first kappa shape index (κ1) is 14.4. The van der Waals surface area contributed by atoms with Gasteiger partial charge in [-0.15, -0.1) is 0 Å². The highest BCUT2D eigenvalue weighted by atomic mass is 35.5. The fraction of sp³-hybridized carbons (Fsp3) is 0.353. The minimum atomic E-state index is 0.124. The van der Waals surface area contributed by atoms with E-state index in [4.69, 9.17) is 16.3 Å². The van der Waals surface area contributed by atoms with Gasteiger partial charge in [-0.25, -0.2) is 4.98 Å². The molecule has 0 aliphatic carbocycles. The normalized spacial score (nSPS) is 19.4. The molecule has 4 heteroatoms. The molecule has 0 bridgehead atoms. The lowest BCUT2D eigenvalue weighted by atomic mass is 10.1. The van der Waals surface area contributed by atoms with Gasteiger partial charge in [-0.3, -0.25) is 0 Å². The fourth-order valence-corrected chi connectivity index (χ4v) is 2.93. The van der Waals surface area contributed by atoms with Crippen molar-refractivity contribution in [1.82, 2.24) is 10.3 Å². The van der Waals surface area contributed by atoms with Gasteiger partial charge in [0, 0.05) is 11.6 Å². The van der Waals surface area contributed by atoms with Gasteiger partial charge >= 0.3 is 0 Å². The van der Waals surface area contributed by atoms with E-state index in [2.05, 4.69) is 17.2 Å². The summed E-state index contributed by atoms with van der Waals surface area (Å²) in [5.41, 5.74) is 1.95. The summed E-state index contributed by atoms with van der Waals surface area (Å²) >= 11 is 6.22. The van der Waals surface area contributed by atoms with Gasteiger partial charge in [0.1, 0.15) is 17.0 Å². The minimum absolute atomic E-state index is 0.124. The van der Waals surface area contributed by atoms with Gasteiger partial charge in [0.25, 0.3) is 0 Å². The molecule has 1 saturated heterocycles. The third-order valence-corrected chi connectivity index (χ3v) is 4.19. The number of nitrogens with zero attached hydrogens (tertiary/aromatic N) is 1. The van der Waals surface area contributed by atoms with Crippen LogP contribution in [-0.4, -0.2) is 23.7 Å². The smallest absolute Gasteiger partial charge is 0.138 e. The van der Waals surface area contributed by atoms with Crippen molar-refractivity contribution in [3.8, 4) is 16.9 Å². The number of nitrogens with one attached hydrogen (secondary N) is 1. The molecule has 0 amide bonds. The van der Waals surface area contributed by atoms with Crippen LogP contribution >= 0.6 is 11.6 Å². The van der Waals surface area contributed by atoms with Crippen molar-refractivity contribution in [1.29, 1.82) is 0 Å². The molecule has 21 heavy (non-hydrogen) atoms. The summed E-state index contributed by atoms with van der Waals surface area (Å²) in [5.74, 6) is 0.763. The molecule has 1 N–H and O–H groups in total. The number of hydrogen-bond donors (Lipinski definition) is 1. The molecule has 1 aliphatic rings. The molecule has 1 aromatic heterocycles. The molecular formula is C17H19ClN2O. The molecule has 3 nitrogen and oxygen atoms in total. The maximum Gasteiger partial charge on any atom is 0.138 e. The monoisotopic (exact) mass is 302 g/mol. The van der Waals surface area contributed by atoms with Crippen LogP contribution in [0.5, 0.6) is 5.75 Å². The van der Waals surface area contributed by atoms with Crippen LogP contribution in [0.1, 0.15) is 19.8 Å². The molecule has 2 aromatic rings. The predicted molar refractivity (Wildman–Crippen MR) is 85.8 cm³/mol. The van der Waals surface area contributed by atoms with E-state index in [1.165, 1.54) is 6.42 Å². The van der Waals surface area contributed by atoms with Crippen LogP contribution in [-0.2, 0) is 0 Å². The van der Waals surface area contributed by atoms with Crippen molar-refractivity contribution < 1.29 is 4.74 Å². The number of ether oxygens (including phenoxy) is 1. The fourth-order valence-electron chi connectivity index (χ4n) is 2.72. The number of hydrogen-bond acceptors (Lipinski definition) is 3. The molecule has 110 valence electrons. The summed E-state index contributed by atoms with van der Waals surface area (Å²) in [6.07, 6.45) is 4.19. The van der Waals surface area contributed by atoms with E-state index < -0.39 is 0 Å². The lowest BCUT2D eigenvalue weighted by molar-refractivity contribution is 0.179. The van der Waals surface area contributed by atoms with Gasteiger partial charge in [0.05, 0.1) is 6.20 Å². The maximum atomic E-state index is 6.22. The van der Waals surface area contributed by atoms with Crippen molar-refractivity contribution in [3.05, 3.63) is 47.7 Å². The van der Waals surface area contributed by atoms with E-state index in [1.54, 1.807) is 6.20 Å².